The Balaban J connectivity index is 1.90. The zero-order chi connectivity index (χ0) is 17.2. The molecule has 0 aliphatic carbocycles. The summed E-state index contributed by atoms with van der Waals surface area (Å²) >= 11 is 0. The lowest BCUT2D eigenvalue weighted by atomic mass is 9.97. The van der Waals surface area contributed by atoms with Crippen LogP contribution in [0.15, 0.2) is 12.2 Å². The molecule has 2 aliphatic heterocycles. The standard InChI is InChI=1S/C18H30O6/c1-14-6-4-3-5-7-15-8-9-16(22-13-21-11-10-20-2)17(24-15)12-18(19)23-14/h5,7,14-17H,3-4,6,8-13H2,1-2H3/b7-5-/t14-,15-,16-,17-/m1/s1. The molecule has 2 aliphatic rings. The monoisotopic (exact) mass is 342 g/mol. The Morgan fingerprint density at radius 2 is 2.12 bits per heavy atom. The number of esters is 1. The summed E-state index contributed by atoms with van der Waals surface area (Å²) in [5.74, 6) is -0.216. The second-order valence-electron chi connectivity index (χ2n) is 6.38. The zero-order valence-corrected chi connectivity index (χ0v) is 14.8. The summed E-state index contributed by atoms with van der Waals surface area (Å²) in [6.07, 6.45) is 8.69. The van der Waals surface area contributed by atoms with Crippen molar-refractivity contribution in [2.75, 3.05) is 27.1 Å². The van der Waals surface area contributed by atoms with Gasteiger partial charge in [0, 0.05) is 7.11 Å². The molecule has 2 heterocycles. The molecular formula is C18H30O6. The van der Waals surface area contributed by atoms with E-state index < -0.39 is 0 Å². The SMILES string of the molecule is COCCOCO[C@@H]1CC[C@H]2/C=C\CCC[C@@H](C)OC(=O)C[C@H]1O2. The van der Waals surface area contributed by atoms with E-state index in [9.17, 15) is 4.79 Å². The van der Waals surface area contributed by atoms with Crippen LogP contribution in [0.4, 0.5) is 0 Å². The summed E-state index contributed by atoms with van der Waals surface area (Å²) in [4.78, 5) is 12.1. The van der Waals surface area contributed by atoms with Crippen LogP contribution in [0.5, 0.6) is 0 Å². The van der Waals surface area contributed by atoms with E-state index in [2.05, 4.69) is 12.2 Å². The minimum absolute atomic E-state index is 0.0499. The van der Waals surface area contributed by atoms with Crippen molar-refractivity contribution >= 4 is 5.97 Å². The maximum Gasteiger partial charge on any atom is 0.308 e. The fourth-order valence-electron chi connectivity index (χ4n) is 3.01. The Hall–Kier alpha value is -0.950. The fraction of sp³-hybridized carbons (Fsp3) is 0.833. The maximum atomic E-state index is 12.1. The Kier molecular flexibility index (Phi) is 8.74. The predicted octanol–water partition coefficient (Wildman–Crippen LogP) is 2.60. The molecule has 1 saturated heterocycles. The number of hydrogen-bond acceptors (Lipinski definition) is 6. The van der Waals surface area contributed by atoms with Crippen LogP contribution >= 0.6 is 0 Å². The normalized spacial score (nSPS) is 33.2. The molecule has 0 N–H and O–H groups in total. The van der Waals surface area contributed by atoms with Crippen molar-refractivity contribution in [3.8, 4) is 0 Å². The van der Waals surface area contributed by atoms with Gasteiger partial charge < -0.3 is 23.7 Å². The van der Waals surface area contributed by atoms with Gasteiger partial charge in [0.05, 0.1) is 44.1 Å². The highest BCUT2D eigenvalue weighted by Crippen LogP contribution is 2.26. The highest BCUT2D eigenvalue weighted by molar-refractivity contribution is 5.70. The van der Waals surface area contributed by atoms with E-state index in [0.717, 1.165) is 32.1 Å². The quantitative estimate of drug-likeness (QED) is 0.320. The number of rotatable bonds is 6. The van der Waals surface area contributed by atoms with Crippen LogP contribution in [-0.4, -0.2) is 57.5 Å². The average Bonchev–Trinajstić information content (AvgIpc) is 2.55. The van der Waals surface area contributed by atoms with Crippen LogP contribution < -0.4 is 0 Å². The van der Waals surface area contributed by atoms with Gasteiger partial charge in [0.15, 0.2) is 0 Å². The molecule has 6 heteroatoms. The third kappa shape index (κ3) is 6.89. The van der Waals surface area contributed by atoms with Gasteiger partial charge in [0.25, 0.3) is 0 Å². The summed E-state index contributed by atoms with van der Waals surface area (Å²) in [6, 6.07) is 0. The number of allylic oxidation sites excluding steroid dienone is 1. The molecule has 2 bridgehead atoms. The van der Waals surface area contributed by atoms with Crippen molar-refractivity contribution in [2.45, 2.75) is 69.9 Å². The van der Waals surface area contributed by atoms with E-state index >= 15 is 0 Å². The molecule has 4 atom stereocenters. The largest absolute Gasteiger partial charge is 0.463 e. The van der Waals surface area contributed by atoms with Crippen molar-refractivity contribution in [3.05, 3.63) is 12.2 Å². The van der Waals surface area contributed by atoms with E-state index in [0.29, 0.717) is 13.2 Å². The molecule has 24 heavy (non-hydrogen) atoms. The molecule has 138 valence electrons. The third-order valence-corrected chi connectivity index (χ3v) is 4.33. The van der Waals surface area contributed by atoms with Crippen molar-refractivity contribution < 1.29 is 28.5 Å². The van der Waals surface area contributed by atoms with Crippen LogP contribution in [0, 0.1) is 0 Å². The molecular weight excluding hydrogens is 312 g/mol. The molecule has 0 aromatic carbocycles. The van der Waals surface area contributed by atoms with Crippen molar-refractivity contribution in [3.63, 3.8) is 0 Å². The van der Waals surface area contributed by atoms with E-state index in [1.165, 1.54) is 0 Å². The Bertz CT molecular complexity index is 397. The smallest absolute Gasteiger partial charge is 0.308 e. The first-order chi connectivity index (χ1) is 11.7. The maximum absolute atomic E-state index is 12.1. The van der Waals surface area contributed by atoms with Gasteiger partial charge in [0.1, 0.15) is 6.79 Å². The predicted molar refractivity (Wildman–Crippen MR) is 88.6 cm³/mol. The Morgan fingerprint density at radius 1 is 1.25 bits per heavy atom. The third-order valence-electron chi connectivity index (χ3n) is 4.33. The molecule has 0 spiro atoms. The lowest BCUT2D eigenvalue weighted by Crippen LogP contribution is -2.42. The summed E-state index contributed by atoms with van der Waals surface area (Å²) in [7, 11) is 1.63. The lowest BCUT2D eigenvalue weighted by molar-refractivity contribution is -0.183. The number of carbonyl (C=O) groups is 1. The van der Waals surface area contributed by atoms with Crippen LogP contribution in [0.2, 0.25) is 0 Å². The first kappa shape index (κ1) is 19.4. The molecule has 0 aromatic rings. The van der Waals surface area contributed by atoms with Crippen molar-refractivity contribution in [2.24, 2.45) is 0 Å². The number of hydrogen-bond donors (Lipinski definition) is 0. The summed E-state index contributed by atoms with van der Waals surface area (Å²) in [5, 5.41) is 0. The molecule has 0 radical (unpaired) electrons. The second-order valence-corrected chi connectivity index (χ2v) is 6.38. The molecule has 2 rings (SSSR count). The average molecular weight is 342 g/mol. The van der Waals surface area contributed by atoms with Gasteiger partial charge >= 0.3 is 5.97 Å². The molecule has 0 amide bonds. The molecule has 1 fully saturated rings. The van der Waals surface area contributed by atoms with Gasteiger partial charge in [-0.2, -0.15) is 0 Å². The zero-order valence-electron chi connectivity index (χ0n) is 14.8. The first-order valence-corrected chi connectivity index (χ1v) is 8.89. The van der Waals surface area contributed by atoms with Gasteiger partial charge in [-0.3, -0.25) is 4.79 Å². The minimum Gasteiger partial charge on any atom is -0.463 e. The van der Waals surface area contributed by atoms with Crippen molar-refractivity contribution in [1.82, 2.24) is 0 Å². The number of fused-ring (bicyclic) bond motifs is 2. The highest BCUT2D eigenvalue weighted by Gasteiger charge is 2.33. The van der Waals surface area contributed by atoms with Gasteiger partial charge in [-0.1, -0.05) is 12.2 Å². The van der Waals surface area contributed by atoms with E-state index in [1.54, 1.807) is 7.11 Å². The number of cyclic esters (lactones) is 1. The summed E-state index contributed by atoms with van der Waals surface area (Å²) in [5.41, 5.74) is 0. The van der Waals surface area contributed by atoms with Gasteiger partial charge in [-0.15, -0.1) is 0 Å². The topological polar surface area (TPSA) is 63.2 Å². The lowest BCUT2D eigenvalue weighted by Gasteiger charge is -2.35. The van der Waals surface area contributed by atoms with E-state index in [4.69, 9.17) is 23.7 Å². The number of carbonyl (C=O) groups excluding carboxylic acids is 1. The molecule has 0 unspecified atom stereocenters. The van der Waals surface area contributed by atoms with E-state index in [-0.39, 0.29) is 43.6 Å². The number of methoxy groups -OCH3 is 1. The Morgan fingerprint density at radius 3 is 2.96 bits per heavy atom. The van der Waals surface area contributed by atoms with Crippen LogP contribution in [0.25, 0.3) is 0 Å². The molecule has 0 saturated carbocycles. The van der Waals surface area contributed by atoms with Crippen LogP contribution in [0.1, 0.15) is 45.4 Å². The summed E-state index contributed by atoms with van der Waals surface area (Å²) in [6.45, 7) is 3.14. The second kappa shape index (κ2) is 10.8. The van der Waals surface area contributed by atoms with Gasteiger partial charge in [-0.25, -0.2) is 0 Å². The first-order valence-electron chi connectivity index (χ1n) is 8.89. The highest BCUT2D eigenvalue weighted by atomic mass is 16.7. The fourth-order valence-corrected chi connectivity index (χ4v) is 3.01. The number of ether oxygens (including phenoxy) is 5. The van der Waals surface area contributed by atoms with Gasteiger partial charge in [-0.05, 0) is 39.0 Å². The van der Waals surface area contributed by atoms with Gasteiger partial charge in [0.2, 0.25) is 0 Å². The van der Waals surface area contributed by atoms with Crippen LogP contribution in [0.3, 0.4) is 0 Å². The molecule has 0 aromatic heterocycles. The minimum atomic E-state index is -0.293. The summed E-state index contributed by atoms with van der Waals surface area (Å²) < 4.78 is 27.6. The molecule has 6 nitrogen and oxygen atoms in total. The Labute approximate surface area is 144 Å². The van der Waals surface area contributed by atoms with Crippen molar-refractivity contribution in [1.29, 1.82) is 0 Å². The van der Waals surface area contributed by atoms with E-state index in [1.807, 2.05) is 6.92 Å². The van der Waals surface area contributed by atoms with Crippen LogP contribution in [-0.2, 0) is 28.5 Å².